The minimum Gasteiger partial charge on any atom is -0.481 e. The normalized spacial score (nSPS) is 7.67. The Bertz CT molecular complexity index is 288. The molecule has 9 nitrogen and oxygen atoms in total. The second kappa shape index (κ2) is 12.6. The van der Waals surface area contributed by atoms with E-state index in [1.54, 1.807) is 0 Å². The summed E-state index contributed by atoms with van der Waals surface area (Å²) in [5.74, 6) is -5.19. The zero-order valence-electron chi connectivity index (χ0n) is 9.74. The van der Waals surface area contributed by atoms with Crippen molar-refractivity contribution in [2.24, 2.45) is 0 Å². The molecule has 0 aromatic heterocycles. The van der Waals surface area contributed by atoms with Gasteiger partial charge in [0.1, 0.15) is 0 Å². The Kier molecular flexibility index (Phi) is 14.7. The highest BCUT2D eigenvalue weighted by Gasteiger charge is 2.00. The van der Waals surface area contributed by atoms with Gasteiger partial charge in [-0.2, -0.15) is 0 Å². The summed E-state index contributed by atoms with van der Waals surface area (Å²) in [6.07, 6.45) is -0.593. The van der Waals surface area contributed by atoms with Crippen molar-refractivity contribution in [2.75, 3.05) is 0 Å². The molecule has 0 fully saturated rings. The van der Waals surface area contributed by atoms with Gasteiger partial charge in [-0.15, -0.1) is 0 Å². The van der Waals surface area contributed by atoms with Gasteiger partial charge >= 0.3 is 17.9 Å². The van der Waals surface area contributed by atoms with Crippen molar-refractivity contribution >= 4 is 29.7 Å². The van der Waals surface area contributed by atoms with Crippen molar-refractivity contribution in [1.82, 2.24) is 0 Å². The minimum absolute atomic E-state index is 0.296. The Morgan fingerprint density at radius 3 is 0.944 bits per heavy atom. The second-order valence-electron chi connectivity index (χ2n) is 2.67. The van der Waals surface area contributed by atoms with E-state index in [0.29, 0.717) is 0 Å². The Morgan fingerprint density at radius 1 is 0.722 bits per heavy atom. The average molecular weight is 266 g/mol. The van der Waals surface area contributed by atoms with Gasteiger partial charge < -0.3 is 20.4 Å². The predicted molar refractivity (Wildman–Crippen MR) is 56.1 cm³/mol. The number of rotatable bonds is 4. The lowest BCUT2D eigenvalue weighted by atomic mass is 10.3. The molecule has 0 atom stereocenters. The van der Waals surface area contributed by atoms with Crippen molar-refractivity contribution in [3.63, 3.8) is 0 Å². The molecule has 4 N–H and O–H groups in total. The molecule has 0 amide bonds. The van der Waals surface area contributed by atoms with Crippen molar-refractivity contribution in [2.45, 2.75) is 26.7 Å². The number of carbonyl (C=O) groups is 5. The summed E-state index contributed by atoms with van der Waals surface area (Å²) in [5.41, 5.74) is 0. The van der Waals surface area contributed by atoms with Crippen LogP contribution >= 0.6 is 0 Å². The highest BCUT2D eigenvalue weighted by molar-refractivity contribution is 6.31. The van der Waals surface area contributed by atoms with Crippen LogP contribution in [0.5, 0.6) is 0 Å². The number of aliphatic carboxylic acids is 4. The predicted octanol–water partition coefficient (Wildman–Crippen LogP) is -0.313. The molecule has 0 unspecified atom stereocenters. The summed E-state index contributed by atoms with van der Waals surface area (Å²) in [6, 6.07) is 0. The first kappa shape index (κ1) is 20.9. The molecule has 0 aromatic carbocycles. The van der Waals surface area contributed by atoms with Crippen molar-refractivity contribution < 1.29 is 44.4 Å². The largest absolute Gasteiger partial charge is 0.481 e. The monoisotopic (exact) mass is 266 g/mol. The lowest BCUT2D eigenvalue weighted by Gasteiger charge is -1.85. The number of Topliss-reactive ketones (excluding diaryl/α,β-unsaturated/α-hetero) is 1. The van der Waals surface area contributed by atoms with E-state index in [0.717, 1.165) is 13.8 Å². The van der Waals surface area contributed by atoms with E-state index in [4.69, 9.17) is 25.2 Å². The molecule has 0 saturated heterocycles. The maximum atomic E-state index is 9.64. The van der Waals surface area contributed by atoms with Crippen LogP contribution in [0.2, 0.25) is 0 Å². The zero-order chi connectivity index (χ0) is 15.3. The standard InChI is InChI=1S/C4H6O4.C3H4O3.C2H4O2/c5-3(6)1-2-4(7)8;1-2(4)3(5)6;1-2(3)4/h1-2H2,(H,5,6)(H,7,8);1H3,(H,5,6);1H3,(H,3,4). The van der Waals surface area contributed by atoms with Crippen LogP contribution < -0.4 is 0 Å². The van der Waals surface area contributed by atoms with Gasteiger partial charge in [0.05, 0.1) is 12.8 Å². The third-order valence-corrected chi connectivity index (χ3v) is 0.854. The summed E-state index contributed by atoms with van der Waals surface area (Å²) in [4.78, 5) is 47.2. The van der Waals surface area contributed by atoms with Gasteiger partial charge in [-0.1, -0.05) is 0 Å². The van der Waals surface area contributed by atoms with E-state index in [1.165, 1.54) is 0 Å². The van der Waals surface area contributed by atoms with Crippen LogP contribution in [0.4, 0.5) is 0 Å². The summed E-state index contributed by atoms with van der Waals surface area (Å²) >= 11 is 0. The molecule has 0 rings (SSSR count). The van der Waals surface area contributed by atoms with Crippen molar-refractivity contribution in [1.29, 1.82) is 0 Å². The quantitative estimate of drug-likeness (QED) is 0.498. The first-order valence-electron chi connectivity index (χ1n) is 4.37. The molecule has 9 heteroatoms. The van der Waals surface area contributed by atoms with Crippen LogP contribution in [0.15, 0.2) is 0 Å². The van der Waals surface area contributed by atoms with Gasteiger partial charge in [0.25, 0.3) is 5.97 Å². The van der Waals surface area contributed by atoms with Crippen molar-refractivity contribution in [3.05, 3.63) is 0 Å². The summed E-state index contributed by atoms with van der Waals surface area (Å²) in [7, 11) is 0. The molecule has 0 saturated carbocycles. The van der Waals surface area contributed by atoms with E-state index in [9.17, 15) is 19.2 Å². The van der Waals surface area contributed by atoms with Gasteiger partial charge in [-0.3, -0.25) is 19.2 Å². The number of hydrogen-bond donors (Lipinski definition) is 4. The summed E-state index contributed by atoms with van der Waals surface area (Å²) in [5, 5.41) is 30.9. The van der Waals surface area contributed by atoms with Crippen LogP contribution in [-0.2, 0) is 24.0 Å². The van der Waals surface area contributed by atoms with E-state index < -0.39 is 29.7 Å². The summed E-state index contributed by atoms with van der Waals surface area (Å²) < 4.78 is 0. The number of hydrogen-bond acceptors (Lipinski definition) is 5. The molecule has 0 aliphatic rings. The third kappa shape index (κ3) is 49.7. The maximum absolute atomic E-state index is 9.64. The molecule has 0 bridgehead atoms. The number of carboxylic acids is 4. The average Bonchev–Trinajstić information content (AvgIpc) is 2.14. The molecular formula is C9H14O9. The molecular weight excluding hydrogens is 252 g/mol. The molecule has 18 heavy (non-hydrogen) atoms. The molecule has 0 spiro atoms. The first-order valence-corrected chi connectivity index (χ1v) is 4.37. The Labute approximate surface area is 102 Å². The van der Waals surface area contributed by atoms with Gasteiger partial charge in [0.2, 0.25) is 5.78 Å². The first-order chi connectivity index (χ1) is 8.00. The Morgan fingerprint density at radius 2 is 0.889 bits per heavy atom. The lowest BCUT2D eigenvalue weighted by molar-refractivity contribution is -0.148. The van der Waals surface area contributed by atoms with Crippen molar-refractivity contribution in [3.8, 4) is 0 Å². The topological polar surface area (TPSA) is 166 Å². The maximum Gasteiger partial charge on any atom is 0.371 e. The van der Waals surface area contributed by atoms with Crippen LogP contribution in [0.25, 0.3) is 0 Å². The fraction of sp³-hybridized carbons (Fsp3) is 0.444. The van der Waals surface area contributed by atoms with Crippen LogP contribution in [0.3, 0.4) is 0 Å². The number of carboxylic acid groups (broad SMARTS) is 4. The Hall–Kier alpha value is -2.45. The van der Waals surface area contributed by atoms with E-state index in [2.05, 4.69) is 0 Å². The fourth-order valence-corrected chi connectivity index (χ4v) is 0.214. The van der Waals surface area contributed by atoms with E-state index in [1.807, 2.05) is 0 Å². The SMILES string of the molecule is CC(=O)C(=O)O.CC(=O)O.O=C(O)CCC(=O)O. The van der Waals surface area contributed by atoms with E-state index >= 15 is 0 Å². The lowest BCUT2D eigenvalue weighted by Crippen LogP contribution is -2.05. The van der Waals surface area contributed by atoms with Gasteiger partial charge in [0.15, 0.2) is 0 Å². The van der Waals surface area contributed by atoms with Gasteiger partial charge in [-0.05, 0) is 0 Å². The molecule has 0 radical (unpaired) electrons. The smallest absolute Gasteiger partial charge is 0.371 e. The van der Waals surface area contributed by atoms with Crippen LogP contribution in [-0.4, -0.2) is 50.1 Å². The number of ketones is 1. The molecule has 0 aromatic rings. The van der Waals surface area contributed by atoms with Crippen LogP contribution in [0.1, 0.15) is 26.7 Å². The molecule has 104 valence electrons. The highest BCUT2D eigenvalue weighted by atomic mass is 16.4. The molecule has 0 aliphatic heterocycles. The third-order valence-electron chi connectivity index (χ3n) is 0.854. The van der Waals surface area contributed by atoms with Gasteiger partial charge in [0, 0.05) is 13.8 Å². The summed E-state index contributed by atoms with van der Waals surface area (Å²) in [6.45, 7) is 2.09. The number of carbonyl (C=O) groups excluding carboxylic acids is 1. The molecule has 0 aliphatic carbocycles. The molecule has 0 heterocycles. The Balaban J connectivity index is -0.000000200. The fourth-order valence-electron chi connectivity index (χ4n) is 0.214. The highest BCUT2D eigenvalue weighted by Crippen LogP contribution is 1.86. The van der Waals surface area contributed by atoms with Gasteiger partial charge in [-0.25, -0.2) is 4.79 Å². The van der Waals surface area contributed by atoms with Crippen LogP contribution in [0, 0.1) is 0 Å². The van der Waals surface area contributed by atoms with E-state index in [-0.39, 0.29) is 12.8 Å². The minimum atomic E-state index is -1.38. The zero-order valence-corrected chi connectivity index (χ0v) is 9.74. The second-order valence-corrected chi connectivity index (χ2v) is 2.67.